The van der Waals surface area contributed by atoms with Gasteiger partial charge in [-0.1, -0.05) is 18.2 Å². The number of carbonyl (C=O) groups excluding carboxylic acids is 2. The summed E-state index contributed by atoms with van der Waals surface area (Å²) in [5.41, 5.74) is 8.25. The Morgan fingerprint density at radius 1 is 1.16 bits per heavy atom. The molecule has 2 aromatic rings. The van der Waals surface area contributed by atoms with Crippen LogP contribution in [0.15, 0.2) is 24.3 Å². The molecule has 3 rings (SSSR count). The van der Waals surface area contributed by atoms with Gasteiger partial charge in [-0.3, -0.25) is 4.79 Å². The van der Waals surface area contributed by atoms with E-state index < -0.39 is 5.60 Å². The van der Waals surface area contributed by atoms with Crippen LogP contribution >= 0.6 is 0 Å². The van der Waals surface area contributed by atoms with Crippen LogP contribution in [0, 0.1) is 0 Å². The standard InChI is InChI=1S/C19H25N3O3/c1-19(2,3)25-18(24)21-10-8-14-13-6-4-5-7-15(13)22(12-17(20)23)16(14)9-11-21/h4-7H,8-12H2,1-3H3,(H2,20,23). The third kappa shape index (κ3) is 3.62. The van der Waals surface area contributed by atoms with Crippen molar-refractivity contribution in [1.29, 1.82) is 0 Å². The van der Waals surface area contributed by atoms with E-state index >= 15 is 0 Å². The summed E-state index contributed by atoms with van der Waals surface area (Å²) in [6.07, 6.45) is 1.13. The molecule has 0 aliphatic carbocycles. The molecule has 0 bridgehead atoms. The third-order valence-corrected chi connectivity index (χ3v) is 4.41. The number of hydrogen-bond donors (Lipinski definition) is 1. The number of fused-ring (bicyclic) bond motifs is 3. The highest BCUT2D eigenvalue weighted by atomic mass is 16.6. The van der Waals surface area contributed by atoms with Crippen LogP contribution in [0.5, 0.6) is 0 Å². The van der Waals surface area contributed by atoms with Crippen LogP contribution in [-0.4, -0.2) is 40.2 Å². The highest BCUT2D eigenvalue weighted by Crippen LogP contribution is 2.29. The highest BCUT2D eigenvalue weighted by Gasteiger charge is 2.27. The fraction of sp³-hybridized carbons (Fsp3) is 0.474. The first-order chi connectivity index (χ1) is 11.8. The van der Waals surface area contributed by atoms with Gasteiger partial charge < -0.3 is 19.9 Å². The average Bonchev–Trinajstić information content (AvgIpc) is 2.68. The largest absolute Gasteiger partial charge is 0.444 e. The molecule has 1 aromatic carbocycles. The monoisotopic (exact) mass is 343 g/mol. The SMILES string of the molecule is CC(C)(C)OC(=O)N1CCc2c(n(CC(N)=O)c3ccccc23)CC1. The van der Waals surface area contributed by atoms with Crippen molar-refractivity contribution in [1.82, 2.24) is 9.47 Å². The number of nitrogens with two attached hydrogens (primary N) is 1. The van der Waals surface area contributed by atoms with Crippen molar-refractivity contribution in [3.63, 3.8) is 0 Å². The lowest BCUT2D eigenvalue weighted by Crippen LogP contribution is -2.38. The number of nitrogens with zero attached hydrogens (tertiary/aromatic N) is 2. The van der Waals surface area contributed by atoms with Crippen LogP contribution in [0.2, 0.25) is 0 Å². The molecule has 2 heterocycles. The molecular weight excluding hydrogens is 318 g/mol. The first kappa shape index (κ1) is 17.3. The Labute approximate surface area is 147 Å². The topological polar surface area (TPSA) is 77.6 Å². The van der Waals surface area contributed by atoms with Gasteiger partial charge in [0, 0.05) is 36.1 Å². The minimum Gasteiger partial charge on any atom is -0.444 e. The number of aromatic nitrogens is 1. The maximum Gasteiger partial charge on any atom is 0.410 e. The van der Waals surface area contributed by atoms with Crippen molar-refractivity contribution in [3.05, 3.63) is 35.5 Å². The second-order valence-electron chi connectivity index (χ2n) is 7.46. The minimum atomic E-state index is -0.510. The lowest BCUT2D eigenvalue weighted by atomic mass is 10.1. The van der Waals surface area contributed by atoms with Crippen LogP contribution in [-0.2, 0) is 28.9 Å². The zero-order valence-electron chi connectivity index (χ0n) is 15.0. The van der Waals surface area contributed by atoms with Gasteiger partial charge in [0.25, 0.3) is 0 Å². The Bertz CT molecular complexity index is 817. The Hall–Kier alpha value is -2.50. The second kappa shape index (κ2) is 6.43. The molecule has 0 unspecified atom stereocenters. The third-order valence-electron chi connectivity index (χ3n) is 4.41. The van der Waals surface area contributed by atoms with Crippen molar-refractivity contribution in [2.24, 2.45) is 5.73 Å². The van der Waals surface area contributed by atoms with Gasteiger partial charge in [0.2, 0.25) is 5.91 Å². The maximum absolute atomic E-state index is 12.4. The Morgan fingerprint density at radius 2 is 1.84 bits per heavy atom. The molecule has 0 atom stereocenters. The van der Waals surface area contributed by atoms with E-state index in [2.05, 4.69) is 6.07 Å². The fourth-order valence-electron chi connectivity index (χ4n) is 3.44. The fourth-order valence-corrected chi connectivity index (χ4v) is 3.44. The van der Waals surface area contributed by atoms with Gasteiger partial charge in [-0.05, 0) is 38.8 Å². The van der Waals surface area contributed by atoms with Crippen molar-refractivity contribution in [2.45, 2.75) is 45.8 Å². The summed E-state index contributed by atoms with van der Waals surface area (Å²) < 4.78 is 7.49. The van der Waals surface area contributed by atoms with Gasteiger partial charge in [0.1, 0.15) is 12.1 Å². The quantitative estimate of drug-likeness (QED) is 0.910. The number of carbonyl (C=O) groups is 2. The molecule has 0 saturated heterocycles. The number of ether oxygens (including phenoxy) is 1. The van der Waals surface area contributed by atoms with Crippen molar-refractivity contribution < 1.29 is 14.3 Å². The summed E-state index contributed by atoms with van der Waals surface area (Å²) in [6.45, 7) is 6.93. The van der Waals surface area contributed by atoms with E-state index in [0.717, 1.165) is 23.0 Å². The summed E-state index contributed by atoms with van der Waals surface area (Å²) >= 11 is 0. The zero-order valence-corrected chi connectivity index (χ0v) is 15.0. The van der Waals surface area contributed by atoms with Gasteiger partial charge in [0.05, 0.1) is 0 Å². The molecule has 1 aliphatic heterocycles. The number of para-hydroxylation sites is 1. The molecule has 1 aromatic heterocycles. The summed E-state index contributed by atoms with van der Waals surface area (Å²) in [7, 11) is 0. The van der Waals surface area contributed by atoms with E-state index in [1.807, 2.05) is 43.5 Å². The first-order valence-electron chi connectivity index (χ1n) is 8.61. The van der Waals surface area contributed by atoms with E-state index in [9.17, 15) is 9.59 Å². The van der Waals surface area contributed by atoms with Crippen LogP contribution in [0.3, 0.4) is 0 Å². The summed E-state index contributed by atoms with van der Waals surface area (Å²) in [5.74, 6) is -0.364. The number of benzene rings is 1. The van der Waals surface area contributed by atoms with E-state index in [1.54, 1.807) is 4.90 Å². The van der Waals surface area contributed by atoms with E-state index in [-0.39, 0.29) is 18.5 Å². The molecule has 25 heavy (non-hydrogen) atoms. The van der Waals surface area contributed by atoms with Crippen LogP contribution in [0.25, 0.3) is 10.9 Å². The molecular formula is C19H25N3O3. The van der Waals surface area contributed by atoms with E-state index in [0.29, 0.717) is 19.5 Å². The Morgan fingerprint density at radius 3 is 2.52 bits per heavy atom. The second-order valence-corrected chi connectivity index (χ2v) is 7.46. The number of amides is 2. The first-order valence-corrected chi connectivity index (χ1v) is 8.61. The Balaban J connectivity index is 1.92. The lowest BCUT2D eigenvalue weighted by Gasteiger charge is -2.26. The van der Waals surface area contributed by atoms with Crippen molar-refractivity contribution in [2.75, 3.05) is 13.1 Å². The number of hydrogen-bond acceptors (Lipinski definition) is 3. The molecule has 0 radical (unpaired) electrons. The Kier molecular flexibility index (Phi) is 4.45. The van der Waals surface area contributed by atoms with Gasteiger partial charge in [-0.15, -0.1) is 0 Å². The van der Waals surface area contributed by atoms with Crippen molar-refractivity contribution in [3.8, 4) is 0 Å². The van der Waals surface area contributed by atoms with Crippen LogP contribution < -0.4 is 5.73 Å². The van der Waals surface area contributed by atoms with Crippen LogP contribution in [0.4, 0.5) is 4.79 Å². The molecule has 0 fully saturated rings. The summed E-state index contributed by atoms with van der Waals surface area (Å²) in [5, 5.41) is 1.13. The molecule has 2 amide bonds. The molecule has 6 heteroatoms. The van der Waals surface area contributed by atoms with E-state index in [1.165, 1.54) is 5.56 Å². The highest BCUT2D eigenvalue weighted by molar-refractivity contribution is 5.87. The predicted octanol–water partition coefficient (Wildman–Crippen LogP) is 2.46. The van der Waals surface area contributed by atoms with Crippen molar-refractivity contribution >= 4 is 22.9 Å². The van der Waals surface area contributed by atoms with Gasteiger partial charge >= 0.3 is 6.09 Å². The van der Waals surface area contributed by atoms with Gasteiger partial charge in [-0.2, -0.15) is 0 Å². The minimum absolute atomic E-state index is 0.155. The predicted molar refractivity (Wildman–Crippen MR) is 96.3 cm³/mol. The lowest BCUT2D eigenvalue weighted by molar-refractivity contribution is -0.118. The zero-order chi connectivity index (χ0) is 18.2. The average molecular weight is 343 g/mol. The van der Waals surface area contributed by atoms with Crippen LogP contribution in [0.1, 0.15) is 32.0 Å². The smallest absolute Gasteiger partial charge is 0.410 e. The van der Waals surface area contributed by atoms with Gasteiger partial charge in [0.15, 0.2) is 0 Å². The molecule has 2 N–H and O–H groups in total. The maximum atomic E-state index is 12.4. The molecule has 0 spiro atoms. The van der Waals surface area contributed by atoms with Gasteiger partial charge in [-0.25, -0.2) is 4.79 Å². The molecule has 1 aliphatic rings. The number of rotatable bonds is 2. The summed E-state index contributed by atoms with van der Waals surface area (Å²) in [6, 6.07) is 8.03. The normalized spacial score (nSPS) is 14.9. The molecule has 6 nitrogen and oxygen atoms in total. The summed E-state index contributed by atoms with van der Waals surface area (Å²) in [4.78, 5) is 25.7. The van der Waals surface area contributed by atoms with E-state index in [4.69, 9.17) is 10.5 Å². The number of primary amides is 1. The molecule has 134 valence electrons. The molecule has 0 saturated carbocycles.